The highest BCUT2D eigenvalue weighted by molar-refractivity contribution is 8.01. The van der Waals surface area contributed by atoms with E-state index in [2.05, 4.69) is 26.6 Å². The maximum Gasteiger partial charge on any atom is 0.260 e. The first-order valence-corrected chi connectivity index (χ1v) is 13.1. The van der Waals surface area contributed by atoms with Gasteiger partial charge in [-0.3, -0.25) is 14.8 Å². The summed E-state index contributed by atoms with van der Waals surface area (Å²) in [5.41, 5.74) is 3.36. The monoisotopic (exact) mass is 456 g/mol. The Morgan fingerprint density at radius 3 is 2.84 bits per heavy atom. The number of nitrogens with one attached hydrogen (secondary N) is 3. The van der Waals surface area contributed by atoms with Crippen molar-refractivity contribution < 1.29 is 4.74 Å². The first kappa shape index (κ1) is 20.7. The van der Waals surface area contributed by atoms with E-state index in [0.717, 1.165) is 51.4 Å². The fourth-order valence-corrected chi connectivity index (χ4v) is 6.56. The summed E-state index contributed by atoms with van der Waals surface area (Å²) >= 11 is 1.82. The lowest BCUT2D eigenvalue weighted by atomic mass is 9.94. The Labute approximate surface area is 192 Å². The summed E-state index contributed by atoms with van der Waals surface area (Å²) in [7, 11) is 0. The maximum absolute atomic E-state index is 13.4. The molecule has 5 aliphatic rings. The maximum atomic E-state index is 13.4. The molecular formula is C23H32N6O2S. The zero-order valence-corrected chi connectivity index (χ0v) is 19.3. The Morgan fingerprint density at radius 2 is 2.06 bits per heavy atom. The first-order chi connectivity index (χ1) is 15.7. The molecule has 32 heavy (non-hydrogen) atoms. The first-order valence-electron chi connectivity index (χ1n) is 12.1. The number of rotatable bonds is 5. The fourth-order valence-electron chi connectivity index (χ4n) is 5.19. The lowest BCUT2D eigenvalue weighted by Gasteiger charge is -2.29. The van der Waals surface area contributed by atoms with Crippen LogP contribution >= 0.6 is 11.8 Å². The van der Waals surface area contributed by atoms with E-state index in [1.807, 2.05) is 11.8 Å². The number of anilines is 2. The van der Waals surface area contributed by atoms with Gasteiger partial charge in [-0.15, -0.1) is 11.8 Å². The molecule has 1 aromatic heterocycles. The number of allylic oxidation sites excluding steroid dienone is 2. The molecule has 3 fully saturated rings. The molecule has 4 heterocycles. The summed E-state index contributed by atoms with van der Waals surface area (Å²) in [5.74, 6) is 2.13. The third-order valence-electron chi connectivity index (χ3n) is 7.16. The molecule has 3 unspecified atom stereocenters. The number of H-pyrrole nitrogens is 1. The van der Waals surface area contributed by atoms with E-state index in [9.17, 15) is 4.79 Å². The Hall–Kier alpha value is -1.84. The molecule has 3 aliphatic heterocycles. The van der Waals surface area contributed by atoms with Crippen molar-refractivity contribution in [1.29, 1.82) is 0 Å². The number of hydrogen-bond acceptors (Lipinski definition) is 8. The molecule has 0 amide bonds. The van der Waals surface area contributed by atoms with Crippen molar-refractivity contribution >= 4 is 29.2 Å². The lowest BCUT2D eigenvalue weighted by Crippen LogP contribution is -2.41. The molecule has 0 radical (unpaired) electrons. The number of aromatic amines is 1. The molecule has 0 bridgehead atoms. The molecule has 1 aromatic rings. The average Bonchev–Trinajstić information content (AvgIpc) is 3.59. The van der Waals surface area contributed by atoms with Gasteiger partial charge in [0.25, 0.3) is 5.56 Å². The summed E-state index contributed by atoms with van der Waals surface area (Å²) in [6.45, 7) is 4.74. The van der Waals surface area contributed by atoms with Crippen LogP contribution in [0, 0.1) is 5.92 Å². The number of hydrogen-bond donors (Lipinski definition) is 3. The number of piperidine rings is 1. The van der Waals surface area contributed by atoms with Crippen molar-refractivity contribution in [2.45, 2.75) is 55.2 Å². The van der Waals surface area contributed by atoms with E-state index in [4.69, 9.17) is 14.7 Å². The van der Waals surface area contributed by atoms with Crippen molar-refractivity contribution in [3.05, 3.63) is 27.6 Å². The van der Waals surface area contributed by atoms with Crippen LogP contribution in [0.4, 0.5) is 11.8 Å². The highest BCUT2D eigenvalue weighted by atomic mass is 32.2. The Kier molecular flexibility index (Phi) is 5.73. The van der Waals surface area contributed by atoms with Crippen molar-refractivity contribution in [1.82, 2.24) is 15.3 Å². The minimum absolute atomic E-state index is 0.0698. The van der Waals surface area contributed by atoms with Gasteiger partial charge in [-0.2, -0.15) is 4.98 Å². The van der Waals surface area contributed by atoms with Crippen molar-refractivity contribution in [3.8, 4) is 0 Å². The van der Waals surface area contributed by atoms with Crippen LogP contribution in [0.15, 0.2) is 21.4 Å². The van der Waals surface area contributed by atoms with Crippen molar-refractivity contribution in [3.63, 3.8) is 0 Å². The van der Waals surface area contributed by atoms with Crippen LogP contribution in [0.3, 0.4) is 0 Å². The van der Waals surface area contributed by atoms with Gasteiger partial charge in [-0.05, 0) is 57.1 Å². The van der Waals surface area contributed by atoms with E-state index in [-0.39, 0.29) is 17.0 Å². The van der Waals surface area contributed by atoms with Crippen LogP contribution in [0.5, 0.6) is 0 Å². The smallest absolute Gasteiger partial charge is 0.260 e. The average molecular weight is 457 g/mol. The minimum atomic E-state index is -0.196. The summed E-state index contributed by atoms with van der Waals surface area (Å²) in [6, 6.07) is 0.275. The van der Waals surface area contributed by atoms with Crippen molar-refractivity contribution in [2.24, 2.45) is 10.9 Å². The highest BCUT2D eigenvalue weighted by Crippen LogP contribution is 2.48. The van der Waals surface area contributed by atoms with Crippen LogP contribution in [0.2, 0.25) is 0 Å². The van der Waals surface area contributed by atoms with Gasteiger partial charge in [-0.25, -0.2) is 0 Å². The molecule has 2 saturated heterocycles. The molecular weight excluding hydrogens is 424 g/mol. The van der Waals surface area contributed by atoms with Gasteiger partial charge in [0.2, 0.25) is 5.95 Å². The van der Waals surface area contributed by atoms with Gasteiger partial charge in [-0.1, -0.05) is 5.57 Å². The second-order valence-electron chi connectivity index (χ2n) is 9.50. The molecule has 0 aromatic carbocycles. The number of fused-ring (bicyclic) bond motifs is 1. The Bertz CT molecular complexity index is 975. The number of nitrogens with zero attached hydrogens (tertiary/aromatic N) is 3. The number of ether oxygens (including phenoxy) is 1. The summed E-state index contributed by atoms with van der Waals surface area (Å²) < 4.78 is 5.48. The van der Waals surface area contributed by atoms with Crippen LogP contribution in [-0.4, -0.2) is 66.4 Å². The predicted octanol–water partition coefficient (Wildman–Crippen LogP) is 2.46. The topological polar surface area (TPSA) is 94.6 Å². The molecule has 172 valence electrons. The summed E-state index contributed by atoms with van der Waals surface area (Å²) in [5, 5.41) is 7.27. The van der Waals surface area contributed by atoms with Crippen LogP contribution in [0.1, 0.15) is 49.5 Å². The fraction of sp³-hybridized carbons (Fsp3) is 0.696. The van der Waals surface area contributed by atoms with Crippen LogP contribution < -0.4 is 21.1 Å². The normalized spacial score (nSPS) is 30.5. The largest absolute Gasteiger partial charge is 0.378 e. The van der Waals surface area contributed by atoms with E-state index < -0.39 is 0 Å². The number of aromatic nitrogens is 2. The highest BCUT2D eigenvalue weighted by Gasteiger charge is 2.37. The quantitative estimate of drug-likeness (QED) is 0.627. The van der Waals surface area contributed by atoms with Gasteiger partial charge in [0.1, 0.15) is 11.2 Å². The zero-order valence-electron chi connectivity index (χ0n) is 18.4. The molecule has 1 saturated carbocycles. The third-order valence-corrected chi connectivity index (χ3v) is 8.56. The van der Waals surface area contributed by atoms with Gasteiger partial charge in [0, 0.05) is 36.6 Å². The lowest BCUT2D eigenvalue weighted by molar-refractivity contribution is 0.122. The molecule has 9 heteroatoms. The Morgan fingerprint density at radius 1 is 1.19 bits per heavy atom. The summed E-state index contributed by atoms with van der Waals surface area (Å²) in [6.07, 6.45) is 9.51. The van der Waals surface area contributed by atoms with Gasteiger partial charge >= 0.3 is 0 Å². The standard InChI is InChI=1S/C23H32N6O2S/c30-21-19(22-26-17-12-15(14-3-4-14)5-6-18(17)32-22)20(25-16-2-1-7-24-13-16)27-23(28-21)29-8-10-31-11-9-29/h12,14,16,18,22,24H,1-11,13H2,(H2,25,27,28,30). The molecule has 3 N–H and O–H groups in total. The number of thioether (sulfide) groups is 1. The number of morpholine rings is 1. The molecule has 0 spiro atoms. The van der Waals surface area contributed by atoms with E-state index in [1.165, 1.54) is 25.0 Å². The van der Waals surface area contributed by atoms with Gasteiger partial charge in [0.05, 0.1) is 18.8 Å². The van der Waals surface area contributed by atoms with E-state index in [1.54, 1.807) is 5.57 Å². The molecule has 6 rings (SSSR count). The van der Waals surface area contributed by atoms with Gasteiger partial charge in [0.15, 0.2) is 0 Å². The zero-order chi connectivity index (χ0) is 21.5. The van der Waals surface area contributed by atoms with Gasteiger partial charge < -0.3 is 20.3 Å². The second kappa shape index (κ2) is 8.83. The SMILES string of the molecule is O=c1[nH]c(N2CCOCC2)nc(NC2CCCNC2)c1C1N=C2C=C(C3CC3)CCC2S1. The predicted molar refractivity (Wildman–Crippen MR) is 129 cm³/mol. The molecule has 2 aliphatic carbocycles. The van der Waals surface area contributed by atoms with E-state index >= 15 is 0 Å². The van der Waals surface area contributed by atoms with Crippen LogP contribution in [-0.2, 0) is 4.74 Å². The third kappa shape index (κ3) is 4.22. The molecule has 3 atom stereocenters. The van der Waals surface area contributed by atoms with E-state index in [0.29, 0.717) is 35.8 Å². The second-order valence-corrected chi connectivity index (χ2v) is 10.8. The number of aliphatic imine (C=N–C) groups is 1. The van der Waals surface area contributed by atoms with Crippen molar-refractivity contribution in [2.75, 3.05) is 49.6 Å². The summed E-state index contributed by atoms with van der Waals surface area (Å²) in [4.78, 5) is 28.6. The minimum Gasteiger partial charge on any atom is -0.378 e. The van der Waals surface area contributed by atoms with Crippen LogP contribution in [0.25, 0.3) is 0 Å². The molecule has 8 nitrogen and oxygen atoms in total. The Balaban J connectivity index is 1.33.